The molecule has 74 valence electrons. The smallest absolute Gasteiger partial charge is 0.287 e. The van der Waals surface area contributed by atoms with E-state index < -0.39 is 5.91 Å². The molecular formula is C10H17NO2. The summed E-state index contributed by atoms with van der Waals surface area (Å²) in [7, 11) is 1.50. The third-order valence-corrected chi connectivity index (χ3v) is 2.94. The van der Waals surface area contributed by atoms with Crippen molar-refractivity contribution in [1.82, 2.24) is 5.32 Å². The number of carbonyl (C=O) groups excluding carboxylic acids is 2. The first-order valence-electron chi connectivity index (χ1n) is 4.89. The topological polar surface area (TPSA) is 46.2 Å². The molecule has 13 heavy (non-hydrogen) atoms. The number of rotatable bonds is 4. The summed E-state index contributed by atoms with van der Waals surface area (Å²) in [5.74, 6) is 0.198. The second kappa shape index (κ2) is 3.90. The number of hydrogen-bond acceptors (Lipinski definition) is 2. The molecule has 0 spiro atoms. The Labute approximate surface area is 78.9 Å². The predicted octanol–water partition coefficient (Wildman–Crippen LogP) is 0.984. The second-order valence-electron chi connectivity index (χ2n) is 3.78. The van der Waals surface area contributed by atoms with Gasteiger partial charge < -0.3 is 5.32 Å². The molecule has 0 aromatic heterocycles. The Hall–Kier alpha value is -0.860. The molecule has 3 nitrogen and oxygen atoms in total. The molecule has 3 heteroatoms. The fourth-order valence-corrected chi connectivity index (χ4v) is 2.03. The van der Waals surface area contributed by atoms with Gasteiger partial charge in [0.1, 0.15) is 0 Å². The number of likely N-dealkylation sites (N-methyl/N-ethyl adjacent to an activating group) is 1. The average molecular weight is 183 g/mol. The highest BCUT2D eigenvalue weighted by atomic mass is 16.2. The summed E-state index contributed by atoms with van der Waals surface area (Å²) in [4.78, 5) is 22.4. The molecule has 3 atom stereocenters. The summed E-state index contributed by atoms with van der Waals surface area (Å²) in [5.41, 5.74) is 0. The van der Waals surface area contributed by atoms with E-state index >= 15 is 0 Å². The Morgan fingerprint density at radius 2 is 2.00 bits per heavy atom. The molecule has 1 amide bonds. The minimum absolute atomic E-state index is 0.0000926. The van der Waals surface area contributed by atoms with Crippen molar-refractivity contribution >= 4 is 11.7 Å². The maximum absolute atomic E-state index is 11.4. The molecular weight excluding hydrogens is 166 g/mol. The largest absolute Gasteiger partial charge is 0.353 e. The van der Waals surface area contributed by atoms with Crippen LogP contribution < -0.4 is 5.32 Å². The molecule has 0 aliphatic heterocycles. The summed E-state index contributed by atoms with van der Waals surface area (Å²) in [6.45, 7) is 4.15. The van der Waals surface area contributed by atoms with Gasteiger partial charge in [-0.3, -0.25) is 9.59 Å². The highest BCUT2D eigenvalue weighted by Crippen LogP contribution is 2.49. The monoisotopic (exact) mass is 183 g/mol. The van der Waals surface area contributed by atoms with Crippen molar-refractivity contribution in [2.75, 3.05) is 7.05 Å². The van der Waals surface area contributed by atoms with Crippen LogP contribution in [0.25, 0.3) is 0 Å². The van der Waals surface area contributed by atoms with Crippen molar-refractivity contribution in [3.05, 3.63) is 0 Å². The number of carbonyl (C=O) groups is 2. The van der Waals surface area contributed by atoms with Gasteiger partial charge in [0.15, 0.2) is 0 Å². The zero-order valence-electron chi connectivity index (χ0n) is 8.46. The summed E-state index contributed by atoms with van der Waals surface area (Å²) in [6, 6.07) is 0. The fraction of sp³-hybridized carbons (Fsp3) is 0.800. The van der Waals surface area contributed by atoms with E-state index in [4.69, 9.17) is 0 Å². The lowest BCUT2D eigenvalue weighted by atomic mass is 10.1. The van der Waals surface area contributed by atoms with Gasteiger partial charge in [0.25, 0.3) is 5.91 Å². The lowest BCUT2D eigenvalue weighted by molar-refractivity contribution is -0.138. The van der Waals surface area contributed by atoms with E-state index in [1.165, 1.54) is 7.05 Å². The van der Waals surface area contributed by atoms with Gasteiger partial charge in [-0.15, -0.1) is 0 Å². The van der Waals surface area contributed by atoms with Crippen molar-refractivity contribution in [3.63, 3.8) is 0 Å². The van der Waals surface area contributed by atoms with Gasteiger partial charge in [0.2, 0.25) is 5.78 Å². The van der Waals surface area contributed by atoms with Crippen LogP contribution in [0.1, 0.15) is 26.7 Å². The lowest BCUT2D eigenvalue weighted by Crippen LogP contribution is -2.29. The van der Waals surface area contributed by atoms with E-state index in [-0.39, 0.29) is 11.7 Å². The Morgan fingerprint density at radius 1 is 1.38 bits per heavy atom. The molecule has 1 N–H and O–H groups in total. The molecule has 0 radical (unpaired) electrons. The van der Waals surface area contributed by atoms with Crippen LogP contribution >= 0.6 is 0 Å². The second-order valence-corrected chi connectivity index (χ2v) is 3.78. The van der Waals surface area contributed by atoms with E-state index in [1.54, 1.807) is 0 Å². The van der Waals surface area contributed by atoms with Gasteiger partial charge in [-0.2, -0.15) is 0 Å². The number of amides is 1. The molecule has 0 bridgehead atoms. The fourth-order valence-electron chi connectivity index (χ4n) is 2.03. The third kappa shape index (κ3) is 1.90. The van der Waals surface area contributed by atoms with Crippen molar-refractivity contribution in [1.29, 1.82) is 0 Å². The van der Waals surface area contributed by atoms with Gasteiger partial charge in [-0.1, -0.05) is 20.3 Å². The van der Waals surface area contributed by atoms with Crippen LogP contribution in [-0.2, 0) is 9.59 Å². The molecule has 1 aliphatic rings. The summed E-state index contributed by atoms with van der Waals surface area (Å²) >= 11 is 0. The zero-order chi connectivity index (χ0) is 10.0. The first kappa shape index (κ1) is 10.2. The van der Waals surface area contributed by atoms with Gasteiger partial charge in [-0.25, -0.2) is 0 Å². The SMILES string of the molecule is CCCC1C(C)C1C(=O)C(=O)NC. The molecule has 0 heterocycles. The molecule has 0 aromatic rings. The first-order valence-corrected chi connectivity index (χ1v) is 4.89. The number of hydrogen-bond donors (Lipinski definition) is 1. The van der Waals surface area contributed by atoms with E-state index in [1.807, 2.05) is 6.92 Å². The number of nitrogens with one attached hydrogen (secondary N) is 1. The van der Waals surface area contributed by atoms with E-state index in [0.717, 1.165) is 12.8 Å². The van der Waals surface area contributed by atoms with Gasteiger partial charge in [0, 0.05) is 13.0 Å². The lowest BCUT2D eigenvalue weighted by Gasteiger charge is -1.96. The van der Waals surface area contributed by atoms with E-state index in [9.17, 15) is 9.59 Å². The van der Waals surface area contributed by atoms with Crippen LogP contribution in [0.15, 0.2) is 0 Å². The number of ketones is 1. The van der Waals surface area contributed by atoms with Crippen molar-refractivity contribution in [3.8, 4) is 0 Å². The normalized spacial score (nSPS) is 31.2. The molecule has 3 unspecified atom stereocenters. The van der Waals surface area contributed by atoms with Gasteiger partial charge >= 0.3 is 0 Å². The van der Waals surface area contributed by atoms with Crippen LogP contribution in [0.2, 0.25) is 0 Å². The first-order chi connectivity index (χ1) is 6.13. The number of Topliss-reactive ketones (excluding diaryl/α,β-unsaturated/α-hetero) is 1. The highest BCUT2D eigenvalue weighted by molar-refractivity contribution is 6.37. The predicted molar refractivity (Wildman–Crippen MR) is 50.1 cm³/mol. The maximum Gasteiger partial charge on any atom is 0.287 e. The van der Waals surface area contributed by atoms with Crippen LogP contribution in [-0.4, -0.2) is 18.7 Å². The quantitative estimate of drug-likeness (QED) is 0.660. The minimum atomic E-state index is -0.435. The summed E-state index contributed by atoms with van der Waals surface area (Å²) in [5, 5.41) is 2.38. The molecule has 1 rings (SSSR count). The third-order valence-electron chi connectivity index (χ3n) is 2.94. The molecule has 1 aliphatic carbocycles. The zero-order valence-corrected chi connectivity index (χ0v) is 8.46. The van der Waals surface area contributed by atoms with Crippen LogP contribution in [0, 0.1) is 17.8 Å². The maximum atomic E-state index is 11.4. The Kier molecular flexibility index (Phi) is 3.07. The Morgan fingerprint density at radius 3 is 2.46 bits per heavy atom. The summed E-state index contributed by atoms with van der Waals surface area (Å²) < 4.78 is 0. The highest BCUT2D eigenvalue weighted by Gasteiger charge is 2.51. The van der Waals surface area contributed by atoms with Gasteiger partial charge in [-0.05, 0) is 18.3 Å². The standard InChI is InChI=1S/C10H17NO2/c1-4-5-7-6(2)8(7)9(12)10(13)11-3/h6-8H,4-5H2,1-3H3,(H,11,13). The van der Waals surface area contributed by atoms with Gasteiger partial charge in [0.05, 0.1) is 0 Å². The van der Waals surface area contributed by atoms with Crippen LogP contribution in [0.3, 0.4) is 0 Å². The summed E-state index contributed by atoms with van der Waals surface area (Å²) in [6.07, 6.45) is 2.15. The minimum Gasteiger partial charge on any atom is -0.353 e. The Bertz CT molecular complexity index is 225. The van der Waals surface area contributed by atoms with E-state index in [2.05, 4.69) is 12.2 Å². The average Bonchev–Trinajstić information content (AvgIpc) is 2.75. The van der Waals surface area contributed by atoms with Crippen molar-refractivity contribution in [2.45, 2.75) is 26.7 Å². The molecule has 0 saturated heterocycles. The molecule has 0 aromatic carbocycles. The van der Waals surface area contributed by atoms with Crippen LogP contribution in [0.5, 0.6) is 0 Å². The molecule has 1 saturated carbocycles. The van der Waals surface area contributed by atoms with E-state index in [0.29, 0.717) is 11.8 Å². The molecule has 1 fully saturated rings. The van der Waals surface area contributed by atoms with Crippen LogP contribution in [0.4, 0.5) is 0 Å². The van der Waals surface area contributed by atoms with Crippen molar-refractivity contribution in [2.24, 2.45) is 17.8 Å². The van der Waals surface area contributed by atoms with Crippen molar-refractivity contribution < 1.29 is 9.59 Å². The Balaban J connectivity index is 2.47.